The number of hydrogen-bond acceptors (Lipinski definition) is 4. The molecule has 0 fully saturated rings. The first-order valence-electron chi connectivity index (χ1n) is 6.29. The Balaban J connectivity index is 2.67. The molecule has 0 aliphatic carbocycles. The average molecular weight is 304 g/mol. The molecule has 1 aromatic carbocycles. The highest BCUT2D eigenvalue weighted by Gasteiger charge is 2.12. The molecule has 0 aromatic heterocycles. The van der Waals surface area contributed by atoms with Gasteiger partial charge in [-0.25, -0.2) is 4.39 Å². The first-order chi connectivity index (χ1) is 9.58. The van der Waals surface area contributed by atoms with Crippen LogP contribution in [0.5, 0.6) is 0 Å². The highest BCUT2D eigenvalue weighted by atomic mass is 35.5. The minimum absolute atomic E-state index is 0.119. The van der Waals surface area contributed by atoms with E-state index < -0.39 is 5.82 Å². The van der Waals surface area contributed by atoms with E-state index in [0.29, 0.717) is 31.8 Å². The van der Waals surface area contributed by atoms with E-state index in [1.54, 1.807) is 19.2 Å². The Labute approximate surface area is 123 Å². The Kier molecular flexibility index (Phi) is 7.51. The molecule has 6 heteroatoms. The Morgan fingerprint density at radius 2 is 2.10 bits per heavy atom. The standard InChI is InChI=1S/C14H19ClFNO3/c1-19-9-8-17(7-6-13(18)20-2)10-11-4-3-5-12(16)14(11)15/h3-5H,6-10H2,1-2H3. The Hall–Kier alpha value is -1.17. The van der Waals surface area contributed by atoms with E-state index >= 15 is 0 Å². The molecule has 0 N–H and O–H groups in total. The number of esters is 1. The van der Waals surface area contributed by atoms with Gasteiger partial charge in [-0.1, -0.05) is 23.7 Å². The molecule has 1 rings (SSSR count). The molecule has 0 saturated heterocycles. The highest BCUT2D eigenvalue weighted by molar-refractivity contribution is 6.31. The fraction of sp³-hybridized carbons (Fsp3) is 0.500. The van der Waals surface area contributed by atoms with E-state index in [2.05, 4.69) is 4.74 Å². The maximum absolute atomic E-state index is 13.4. The Morgan fingerprint density at radius 1 is 1.35 bits per heavy atom. The topological polar surface area (TPSA) is 38.8 Å². The Morgan fingerprint density at radius 3 is 2.75 bits per heavy atom. The van der Waals surface area contributed by atoms with Crippen LogP contribution in [0.3, 0.4) is 0 Å². The third-order valence-corrected chi connectivity index (χ3v) is 3.32. The molecule has 0 radical (unpaired) electrons. The summed E-state index contributed by atoms with van der Waals surface area (Å²) < 4.78 is 23.0. The van der Waals surface area contributed by atoms with Gasteiger partial charge in [0, 0.05) is 26.7 Å². The van der Waals surface area contributed by atoms with Crippen LogP contribution in [0.25, 0.3) is 0 Å². The third-order valence-electron chi connectivity index (χ3n) is 2.90. The molecule has 0 unspecified atom stereocenters. The summed E-state index contributed by atoms with van der Waals surface area (Å²) in [7, 11) is 2.96. The third kappa shape index (κ3) is 5.45. The lowest BCUT2D eigenvalue weighted by Gasteiger charge is -2.22. The van der Waals surface area contributed by atoms with Crippen molar-refractivity contribution in [2.75, 3.05) is 33.9 Å². The van der Waals surface area contributed by atoms with Gasteiger partial charge in [0.25, 0.3) is 0 Å². The van der Waals surface area contributed by atoms with Crippen molar-refractivity contribution in [2.45, 2.75) is 13.0 Å². The molecule has 0 bridgehead atoms. The molecule has 0 aliphatic rings. The molecular weight excluding hydrogens is 285 g/mol. The molecule has 0 heterocycles. The van der Waals surface area contributed by atoms with E-state index in [0.717, 1.165) is 0 Å². The van der Waals surface area contributed by atoms with Crippen molar-refractivity contribution in [1.29, 1.82) is 0 Å². The fourth-order valence-electron chi connectivity index (χ4n) is 1.75. The summed E-state index contributed by atoms with van der Waals surface area (Å²) in [6.07, 6.45) is 0.271. The second kappa shape index (κ2) is 8.89. The zero-order chi connectivity index (χ0) is 15.0. The number of carbonyl (C=O) groups is 1. The summed E-state index contributed by atoms with van der Waals surface area (Å²) in [5.41, 5.74) is 0.688. The molecule has 4 nitrogen and oxygen atoms in total. The summed E-state index contributed by atoms with van der Waals surface area (Å²) in [6, 6.07) is 4.70. The number of nitrogens with zero attached hydrogens (tertiary/aromatic N) is 1. The molecule has 0 saturated carbocycles. The monoisotopic (exact) mass is 303 g/mol. The predicted octanol–water partition coefficient (Wildman–Crippen LogP) is 2.49. The van der Waals surface area contributed by atoms with Gasteiger partial charge in [0.2, 0.25) is 0 Å². The molecule has 0 atom stereocenters. The van der Waals surface area contributed by atoms with Crippen molar-refractivity contribution in [1.82, 2.24) is 4.90 Å². The Bertz CT molecular complexity index is 442. The van der Waals surface area contributed by atoms with E-state index in [1.165, 1.54) is 13.2 Å². The van der Waals surface area contributed by atoms with Gasteiger partial charge < -0.3 is 9.47 Å². The van der Waals surface area contributed by atoms with Crippen molar-refractivity contribution in [2.24, 2.45) is 0 Å². The lowest BCUT2D eigenvalue weighted by molar-refractivity contribution is -0.141. The minimum atomic E-state index is -0.441. The van der Waals surface area contributed by atoms with Gasteiger partial charge in [-0.2, -0.15) is 0 Å². The van der Waals surface area contributed by atoms with Gasteiger partial charge in [0.05, 0.1) is 25.2 Å². The maximum atomic E-state index is 13.4. The quantitative estimate of drug-likeness (QED) is 0.692. The van der Waals surface area contributed by atoms with Crippen LogP contribution in [0.15, 0.2) is 18.2 Å². The largest absolute Gasteiger partial charge is 0.469 e. The van der Waals surface area contributed by atoms with E-state index in [1.807, 2.05) is 4.90 Å². The summed E-state index contributed by atoms with van der Waals surface area (Å²) in [5, 5.41) is 0.119. The van der Waals surface area contributed by atoms with Gasteiger partial charge in [0.15, 0.2) is 0 Å². The van der Waals surface area contributed by atoms with Gasteiger partial charge in [-0.15, -0.1) is 0 Å². The van der Waals surface area contributed by atoms with Crippen molar-refractivity contribution < 1.29 is 18.7 Å². The summed E-state index contributed by atoms with van der Waals surface area (Å²) in [4.78, 5) is 13.2. The van der Waals surface area contributed by atoms with Crippen LogP contribution in [-0.4, -0.2) is 44.8 Å². The van der Waals surface area contributed by atoms with Crippen LogP contribution in [0.1, 0.15) is 12.0 Å². The number of methoxy groups -OCH3 is 2. The summed E-state index contributed by atoms with van der Waals surface area (Å²) >= 11 is 5.94. The van der Waals surface area contributed by atoms with Gasteiger partial charge >= 0.3 is 5.97 Å². The van der Waals surface area contributed by atoms with E-state index in [9.17, 15) is 9.18 Å². The predicted molar refractivity (Wildman–Crippen MR) is 75.2 cm³/mol. The molecule has 0 amide bonds. The molecule has 112 valence electrons. The van der Waals surface area contributed by atoms with Crippen molar-refractivity contribution in [3.8, 4) is 0 Å². The van der Waals surface area contributed by atoms with Crippen molar-refractivity contribution >= 4 is 17.6 Å². The van der Waals surface area contributed by atoms with Crippen molar-refractivity contribution in [3.05, 3.63) is 34.6 Å². The average Bonchev–Trinajstić information content (AvgIpc) is 2.45. The molecule has 20 heavy (non-hydrogen) atoms. The highest BCUT2D eigenvalue weighted by Crippen LogP contribution is 2.21. The first kappa shape index (κ1) is 16.9. The van der Waals surface area contributed by atoms with Gasteiger partial charge in [0.1, 0.15) is 5.82 Å². The number of benzene rings is 1. The number of rotatable bonds is 8. The number of ether oxygens (including phenoxy) is 2. The van der Waals surface area contributed by atoms with Crippen LogP contribution in [0, 0.1) is 5.82 Å². The molecular formula is C14H19ClFNO3. The zero-order valence-corrected chi connectivity index (χ0v) is 12.5. The van der Waals surface area contributed by atoms with Crippen molar-refractivity contribution in [3.63, 3.8) is 0 Å². The normalized spacial score (nSPS) is 10.8. The second-order valence-electron chi connectivity index (χ2n) is 4.31. The molecule has 0 aliphatic heterocycles. The first-order valence-corrected chi connectivity index (χ1v) is 6.67. The van der Waals surface area contributed by atoms with Crippen LogP contribution >= 0.6 is 11.6 Å². The summed E-state index contributed by atoms with van der Waals surface area (Å²) in [6.45, 7) is 2.11. The number of carbonyl (C=O) groups excluding carboxylic acids is 1. The zero-order valence-electron chi connectivity index (χ0n) is 11.7. The fourth-order valence-corrected chi connectivity index (χ4v) is 1.94. The maximum Gasteiger partial charge on any atom is 0.306 e. The lowest BCUT2D eigenvalue weighted by Crippen LogP contribution is -2.29. The van der Waals surface area contributed by atoms with E-state index in [4.69, 9.17) is 16.3 Å². The number of halogens is 2. The SMILES string of the molecule is COCCN(CCC(=O)OC)Cc1cccc(F)c1Cl. The molecule has 0 spiro atoms. The van der Waals surface area contributed by atoms with Crippen LogP contribution < -0.4 is 0 Å². The van der Waals surface area contributed by atoms with Gasteiger partial charge in [-0.3, -0.25) is 9.69 Å². The second-order valence-corrected chi connectivity index (χ2v) is 4.69. The molecule has 1 aromatic rings. The van der Waals surface area contributed by atoms with Crippen LogP contribution in [0.4, 0.5) is 4.39 Å². The summed E-state index contributed by atoms with van der Waals surface area (Å²) in [5.74, 6) is -0.721. The lowest BCUT2D eigenvalue weighted by atomic mass is 10.2. The van der Waals surface area contributed by atoms with E-state index in [-0.39, 0.29) is 17.4 Å². The number of hydrogen-bond donors (Lipinski definition) is 0. The van der Waals surface area contributed by atoms with Gasteiger partial charge in [-0.05, 0) is 11.6 Å². The van der Waals surface area contributed by atoms with Crippen LogP contribution in [-0.2, 0) is 20.8 Å². The minimum Gasteiger partial charge on any atom is -0.469 e. The smallest absolute Gasteiger partial charge is 0.306 e. The van der Waals surface area contributed by atoms with Crippen LogP contribution in [0.2, 0.25) is 5.02 Å².